The van der Waals surface area contributed by atoms with Gasteiger partial charge in [0.15, 0.2) is 11.3 Å². The first-order chi connectivity index (χ1) is 13.8. The Balaban J connectivity index is 1.72. The SMILES string of the molecule is COc1cccc(-c2cc(C)n3cnc(C(=O)NC(C4CC4)C(F)(F)F)c3n2)c1. The Hall–Kier alpha value is -3.10. The van der Waals surface area contributed by atoms with Gasteiger partial charge in [-0.2, -0.15) is 13.2 Å². The van der Waals surface area contributed by atoms with Gasteiger partial charge in [0.2, 0.25) is 0 Å². The number of amides is 1. The summed E-state index contributed by atoms with van der Waals surface area (Å²) in [7, 11) is 1.55. The lowest BCUT2D eigenvalue weighted by Crippen LogP contribution is -2.47. The molecule has 6 nitrogen and oxygen atoms in total. The minimum atomic E-state index is -4.50. The first kappa shape index (κ1) is 19.2. The molecule has 1 aromatic carbocycles. The number of hydrogen-bond donors (Lipinski definition) is 1. The number of aromatic nitrogens is 3. The Kier molecular flexibility index (Phi) is 4.68. The van der Waals surface area contributed by atoms with Gasteiger partial charge in [0.1, 0.15) is 18.1 Å². The molecule has 1 fully saturated rings. The van der Waals surface area contributed by atoms with Crippen LogP contribution in [0.15, 0.2) is 36.7 Å². The lowest BCUT2D eigenvalue weighted by Gasteiger charge is -2.20. The summed E-state index contributed by atoms with van der Waals surface area (Å²) < 4.78 is 46.7. The zero-order chi connectivity index (χ0) is 20.8. The van der Waals surface area contributed by atoms with Crippen LogP contribution in [0.2, 0.25) is 0 Å². The van der Waals surface area contributed by atoms with E-state index >= 15 is 0 Å². The largest absolute Gasteiger partial charge is 0.497 e. The number of methoxy groups -OCH3 is 1. The minimum absolute atomic E-state index is 0.132. The van der Waals surface area contributed by atoms with Crippen molar-refractivity contribution in [1.82, 2.24) is 19.7 Å². The highest BCUT2D eigenvalue weighted by atomic mass is 19.4. The normalized spacial score (nSPS) is 15.3. The maximum absolute atomic E-state index is 13.3. The van der Waals surface area contributed by atoms with Crippen molar-refractivity contribution in [1.29, 1.82) is 0 Å². The summed E-state index contributed by atoms with van der Waals surface area (Å²) in [6, 6.07) is 7.18. The van der Waals surface area contributed by atoms with E-state index in [0.717, 1.165) is 11.3 Å². The summed E-state index contributed by atoms with van der Waals surface area (Å²) in [4.78, 5) is 21.2. The monoisotopic (exact) mass is 404 g/mol. The number of fused-ring (bicyclic) bond motifs is 1. The van der Waals surface area contributed by atoms with Crippen molar-refractivity contribution in [3.05, 3.63) is 48.0 Å². The second-order valence-electron chi connectivity index (χ2n) is 7.13. The number of rotatable bonds is 5. The zero-order valence-corrected chi connectivity index (χ0v) is 15.8. The smallest absolute Gasteiger partial charge is 0.408 e. The molecule has 1 atom stereocenters. The van der Waals surface area contributed by atoms with Crippen LogP contribution in [0.5, 0.6) is 5.75 Å². The van der Waals surface area contributed by atoms with Gasteiger partial charge in [-0.15, -0.1) is 0 Å². The van der Waals surface area contributed by atoms with Gasteiger partial charge >= 0.3 is 6.18 Å². The van der Waals surface area contributed by atoms with Gasteiger partial charge in [-0.1, -0.05) is 12.1 Å². The molecule has 1 aliphatic rings. The van der Waals surface area contributed by atoms with E-state index in [-0.39, 0.29) is 11.3 Å². The molecule has 1 amide bonds. The van der Waals surface area contributed by atoms with E-state index in [9.17, 15) is 18.0 Å². The van der Waals surface area contributed by atoms with Crippen molar-refractivity contribution in [3.63, 3.8) is 0 Å². The summed E-state index contributed by atoms with van der Waals surface area (Å²) in [5.74, 6) is -0.808. The van der Waals surface area contributed by atoms with Crippen LogP contribution in [0.1, 0.15) is 29.0 Å². The lowest BCUT2D eigenvalue weighted by molar-refractivity contribution is -0.158. The quantitative estimate of drug-likeness (QED) is 0.703. The molecule has 9 heteroatoms. The number of ether oxygens (including phenoxy) is 1. The third kappa shape index (κ3) is 3.76. The average Bonchev–Trinajstić information content (AvgIpc) is 3.42. The first-order valence-corrected chi connectivity index (χ1v) is 9.14. The summed E-state index contributed by atoms with van der Waals surface area (Å²) in [6.45, 7) is 1.81. The molecule has 3 aromatic rings. The number of aryl methyl sites for hydroxylation is 1. The fourth-order valence-electron chi connectivity index (χ4n) is 3.32. The molecule has 1 unspecified atom stereocenters. The highest BCUT2D eigenvalue weighted by Gasteiger charge is 2.50. The van der Waals surface area contributed by atoms with Crippen molar-refractivity contribution >= 4 is 11.6 Å². The molecular weight excluding hydrogens is 385 g/mol. The topological polar surface area (TPSA) is 68.5 Å². The van der Waals surface area contributed by atoms with Crippen molar-refractivity contribution in [2.24, 2.45) is 5.92 Å². The number of halogens is 3. The molecule has 0 saturated heterocycles. The van der Waals surface area contributed by atoms with Crippen LogP contribution in [-0.2, 0) is 0 Å². The molecular formula is C20H19F3N4O2. The van der Waals surface area contributed by atoms with E-state index in [2.05, 4.69) is 15.3 Å². The second kappa shape index (κ2) is 7.06. The minimum Gasteiger partial charge on any atom is -0.497 e. The standard InChI is InChI=1S/C20H19F3N4O2/c1-11-8-15(13-4-3-5-14(9-13)29-2)25-18-16(24-10-27(11)18)19(28)26-17(12-6-7-12)20(21,22)23/h3-5,8-10,12,17H,6-7H2,1-2H3,(H,26,28). The Morgan fingerprint density at radius 1 is 1.31 bits per heavy atom. The Morgan fingerprint density at radius 2 is 2.07 bits per heavy atom. The Morgan fingerprint density at radius 3 is 2.72 bits per heavy atom. The van der Waals surface area contributed by atoms with E-state index in [4.69, 9.17) is 4.74 Å². The third-order valence-corrected chi connectivity index (χ3v) is 5.01. The van der Waals surface area contributed by atoms with Crippen LogP contribution in [0.25, 0.3) is 16.9 Å². The van der Waals surface area contributed by atoms with Gasteiger partial charge in [-0.25, -0.2) is 9.97 Å². The summed E-state index contributed by atoms with van der Waals surface area (Å²) in [5, 5.41) is 2.11. The molecule has 0 spiro atoms. The van der Waals surface area contributed by atoms with Crippen molar-refractivity contribution in [2.45, 2.75) is 32.0 Å². The predicted molar refractivity (Wildman–Crippen MR) is 99.7 cm³/mol. The predicted octanol–water partition coefficient (Wildman–Crippen LogP) is 3.78. The molecule has 0 aliphatic heterocycles. The zero-order valence-electron chi connectivity index (χ0n) is 15.8. The molecule has 1 N–H and O–H groups in total. The summed E-state index contributed by atoms with van der Waals surface area (Å²) in [6.07, 6.45) is -2.21. The number of hydrogen-bond acceptors (Lipinski definition) is 4. The van der Waals surface area contributed by atoms with Crippen LogP contribution < -0.4 is 10.1 Å². The summed E-state index contributed by atoms with van der Waals surface area (Å²) in [5.41, 5.74) is 2.14. The first-order valence-electron chi connectivity index (χ1n) is 9.14. The molecule has 29 heavy (non-hydrogen) atoms. The third-order valence-electron chi connectivity index (χ3n) is 5.01. The van der Waals surface area contributed by atoms with Gasteiger partial charge in [-0.3, -0.25) is 9.20 Å². The molecule has 0 bridgehead atoms. The summed E-state index contributed by atoms with van der Waals surface area (Å²) >= 11 is 0. The maximum atomic E-state index is 13.3. The van der Waals surface area contributed by atoms with Crippen LogP contribution in [-0.4, -0.2) is 39.6 Å². The van der Waals surface area contributed by atoms with Gasteiger partial charge in [0.25, 0.3) is 5.91 Å². The van der Waals surface area contributed by atoms with E-state index < -0.39 is 24.0 Å². The van der Waals surface area contributed by atoms with Crippen LogP contribution in [0.3, 0.4) is 0 Å². The van der Waals surface area contributed by atoms with Gasteiger partial charge in [-0.05, 0) is 43.9 Å². The lowest BCUT2D eigenvalue weighted by atomic mass is 10.1. The molecule has 1 aliphatic carbocycles. The number of benzene rings is 1. The average molecular weight is 404 g/mol. The number of imidazole rings is 1. The van der Waals surface area contributed by atoms with Crippen molar-refractivity contribution < 1.29 is 22.7 Å². The second-order valence-corrected chi connectivity index (χ2v) is 7.13. The highest BCUT2D eigenvalue weighted by molar-refractivity contribution is 5.98. The van der Waals surface area contributed by atoms with Gasteiger partial charge in [0, 0.05) is 11.3 Å². The van der Waals surface area contributed by atoms with Crippen LogP contribution in [0, 0.1) is 12.8 Å². The molecule has 2 aromatic heterocycles. The van der Waals surface area contributed by atoms with Crippen molar-refractivity contribution in [3.8, 4) is 17.0 Å². The fourth-order valence-corrected chi connectivity index (χ4v) is 3.32. The molecule has 1 saturated carbocycles. The van der Waals surface area contributed by atoms with E-state index in [1.165, 1.54) is 6.33 Å². The Labute approximate surface area is 164 Å². The fraction of sp³-hybridized carbons (Fsp3) is 0.350. The van der Waals surface area contributed by atoms with Gasteiger partial charge < -0.3 is 10.1 Å². The number of nitrogens with one attached hydrogen (secondary N) is 1. The highest BCUT2D eigenvalue weighted by Crippen LogP contribution is 2.40. The Bertz CT molecular complexity index is 1070. The number of carbonyl (C=O) groups is 1. The van der Waals surface area contributed by atoms with E-state index in [1.54, 1.807) is 23.6 Å². The number of nitrogens with zero attached hydrogens (tertiary/aromatic N) is 3. The molecule has 152 valence electrons. The van der Waals surface area contributed by atoms with E-state index in [0.29, 0.717) is 24.3 Å². The van der Waals surface area contributed by atoms with Crippen LogP contribution >= 0.6 is 0 Å². The van der Waals surface area contributed by atoms with E-state index in [1.807, 2.05) is 25.1 Å². The van der Waals surface area contributed by atoms with Crippen molar-refractivity contribution in [2.75, 3.05) is 7.11 Å². The molecule has 0 radical (unpaired) electrons. The molecule has 2 heterocycles. The molecule has 4 rings (SSSR count). The number of carbonyl (C=O) groups excluding carboxylic acids is 1. The number of alkyl halides is 3. The van der Waals surface area contributed by atoms with Gasteiger partial charge in [0.05, 0.1) is 12.8 Å². The maximum Gasteiger partial charge on any atom is 0.408 e. The van der Waals surface area contributed by atoms with Crippen LogP contribution in [0.4, 0.5) is 13.2 Å².